The Morgan fingerprint density at radius 3 is 2.57 bits per heavy atom. The van der Waals surface area contributed by atoms with Gasteiger partial charge in [0.1, 0.15) is 11.6 Å². The number of anilines is 1. The summed E-state index contributed by atoms with van der Waals surface area (Å²) in [5, 5.41) is 10.4. The van der Waals surface area contributed by atoms with E-state index < -0.39 is 23.8 Å². The molecule has 0 saturated carbocycles. The maximum atomic E-state index is 13.0. The van der Waals surface area contributed by atoms with E-state index in [-0.39, 0.29) is 5.69 Å². The number of carbonyl (C=O) groups is 2. The van der Waals surface area contributed by atoms with E-state index in [2.05, 4.69) is 20.4 Å². The van der Waals surface area contributed by atoms with Crippen molar-refractivity contribution in [2.24, 2.45) is 0 Å². The molecule has 0 radical (unpaired) electrons. The smallest absolute Gasteiger partial charge is 0.360 e. The van der Waals surface area contributed by atoms with E-state index in [1.165, 1.54) is 42.3 Å². The molecule has 1 aromatic heterocycles. The van der Waals surface area contributed by atoms with Crippen LogP contribution < -0.4 is 10.1 Å². The fraction of sp³-hybridized carbons (Fsp3) is 0.158. The van der Waals surface area contributed by atoms with Crippen molar-refractivity contribution in [3.8, 4) is 11.4 Å². The molecule has 3 rings (SSSR count). The monoisotopic (exact) mass is 384 g/mol. The molecule has 28 heavy (non-hydrogen) atoms. The number of para-hydroxylation sites is 2. The largest absolute Gasteiger partial charge is 0.481 e. The molecule has 0 bridgehead atoms. The number of carbonyl (C=O) groups excluding carboxylic acids is 2. The van der Waals surface area contributed by atoms with E-state index in [0.717, 1.165) is 0 Å². The summed E-state index contributed by atoms with van der Waals surface area (Å²) in [4.78, 5) is 24.1. The van der Waals surface area contributed by atoms with E-state index >= 15 is 0 Å². The SMILES string of the molecule is COC(=O)c1cn(-c2ccccc2NC(=O)C(C)Oc2ccc(F)cc2)nn1. The number of rotatable bonds is 6. The third-order valence-electron chi connectivity index (χ3n) is 3.79. The molecule has 8 nitrogen and oxygen atoms in total. The first-order chi connectivity index (χ1) is 13.5. The van der Waals surface area contributed by atoms with Crippen molar-refractivity contribution < 1.29 is 23.5 Å². The van der Waals surface area contributed by atoms with E-state index in [9.17, 15) is 14.0 Å². The molecule has 0 aliphatic rings. The Labute approximate surface area is 159 Å². The maximum Gasteiger partial charge on any atom is 0.360 e. The zero-order valence-electron chi connectivity index (χ0n) is 15.1. The molecule has 0 aliphatic carbocycles. The first-order valence-electron chi connectivity index (χ1n) is 8.31. The van der Waals surface area contributed by atoms with Crippen LogP contribution in [0.5, 0.6) is 5.75 Å². The zero-order valence-corrected chi connectivity index (χ0v) is 15.1. The molecule has 0 saturated heterocycles. The lowest BCUT2D eigenvalue weighted by Gasteiger charge is -2.16. The van der Waals surface area contributed by atoms with Crippen LogP contribution in [0.25, 0.3) is 5.69 Å². The van der Waals surface area contributed by atoms with Crippen molar-refractivity contribution >= 4 is 17.6 Å². The molecular formula is C19H17FN4O4. The van der Waals surface area contributed by atoms with Gasteiger partial charge in [-0.3, -0.25) is 4.79 Å². The van der Waals surface area contributed by atoms with Gasteiger partial charge in [0.2, 0.25) is 0 Å². The van der Waals surface area contributed by atoms with Crippen LogP contribution in [0.2, 0.25) is 0 Å². The molecule has 9 heteroatoms. The number of amides is 1. The van der Waals surface area contributed by atoms with Crippen LogP contribution in [-0.2, 0) is 9.53 Å². The third kappa shape index (κ3) is 4.32. The minimum absolute atomic E-state index is 0.0386. The van der Waals surface area contributed by atoms with Crippen LogP contribution >= 0.6 is 0 Å². The average molecular weight is 384 g/mol. The molecule has 1 heterocycles. The first kappa shape index (κ1) is 19.0. The van der Waals surface area contributed by atoms with Crippen molar-refractivity contribution in [2.45, 2.75) is 13.0 Å². The van der Waals surface area contributed by atoms with Crippen molar-refractivity contribution in [1.29, 1.82) is 0 Å². The third-order valence-corrected chi connectivity index (χ3v) is 3.79. The van der Waals surface area contributed by atoms with Gasteiger partial charge in [-0.15, -0.1) is 5.10 Å². The number of hydrogen-bond acceptors (Lipinski definition) is 6. The Morgan fingerprint density at radius 2 is 1.86 bits per heavy atom. The molecule has 1 amide bonds. The van der Waals surface area contributed by atoms with Gasteiger partial charge >= 0.3 is 5.97 Å². The molecule has 1 N–H and O–H groups in total. The number of nitrogens with one attached hydrogen (secondary N) is 1. The van der Waals surface area contributed by atoms with E-state index in [4.69, 9.17) is 4.74 Å². The van der Waals surface area contributed by atoms with Gasteiger partial charge in [0.25, 0.3) is 5.91 Å². The molecule has 0 aliphatic heterocycles. The van der Waals surface area contributed by atoms with Gasteiger partial charge in [-0.25, -0.2) is 13.9 Å². The topological polar surface area (TPSA) is 95.3 Å². The fourth-order valence-corrected chi connectivity index (χ4v) is 2.36. The van der Waals surface area contributed by atoms with Gasteiger partial charge in [0.15, 0.2) is 11.8 Å². The molecule has 1 unspecified atom stereocenters. The van der Waals surface area contributed by atoms with Gasteiger partial charge in [-0.05, 0) is 43.3 Å². The summed E-state index contributed by atoms with van der Waals surface area (Å²) < 4.78 is 24.5. The van der Waals surface area contributed by atoms with Gasteiger partial charge < -0.3 is 14.8 Å². The van der Waals surface area contributed by atoms with E-state index in [0.29, 0.717) is 17.1 Å². The normalized spacial score (nSPS) is 11.5. The van der Waals surface area contributed by atoms with Gasteiger partial charge in [-0.1, -0.05) is 17.3 Å². The van der Waals surface area contributed by atoms with Crippen LogP contribution in [-0.4, -0.2) is 40.1 Å². The highest BCUT2D eigenvalue weighted by Crippen LogP contribution is 2.20. The first-order valence-corrected chi connectivity index (χ1v) is 8.31. The average Bonchev–Trinajstić information content (AvgIpc) is 3.19. The van der Waals surface area contributed by atoms with Crippen molar-refractivity contribution in [2.75, 3.05) is 12.4 Å². The van der Waals surface area contributed by atoms with Crippen molar-refractivity contribution in [3.05, 3.63) is 66.2 Å². The predicted octanol–water partition coefficient (Wildman–Crippen LogP) is 2.60. The minimum atomic E-state index is -0.833. The summed E-state index contributed by atoms with van der Waals surface area (Å²) in [5.41, 5.74) is 0.993. The highest BCUT2D eigenvalue weighted by atomic mass is 19.1. The number of methoxy groups -OCH3 is 1. The van der Waals surface area contributed by atoms with E-state index in [1.54, 1.807) is 31.2 Å². The summed E-state index contributed by atoms with van der Waals surface area (Å²) >= 11 is 0. The number of halogens is 1. The highest BCUT2D eigenvalue weighted by molar-refractivity contribution is 5.96. The number of benzene rings is 2. The molecule has 1 atom stereocenters. The Kier molecular flexibility index (Phi) is 5.64. The molecule has 0 spiro atoms. The molecule has 144 valence electrons. The Bertz CT molecular complexity index is 988. The number of ether oxygens (including phenoxy) is 2. The lowest BCUT2D eigenvalue weighted by Crippen LogP contribution is -2.30. The predicted molar refractivity (Wildman–Crippen MR) is 97.8 cm³/mol. The Balaban J connectivity index is 1.75. The number of aromatic nitrogens is 3. The lowest BCUT2D eigenvalue weighted by atomic mass is 10.2. The molecule has 3 aromatic rings. The molecule has 2 aromatic carbocycles. The summed E-state index contributed by atoms with van der Waals surface area (Å²) in [6.07, 6.45) is 0.565. The van der Waals surface area contributed by atoms with Crippen molar-refractivity contribution in [3.63, 3.8) is 0 Å². The van der Waals surface area contributed by atoms with E-state index in [1.807, 2.05) is 0 Å². The second-order valence-corrected chi connectivity index (χ2v) is 5.76. The molecule has 0 fully saturated rings. The Morgan fingerprint density at radius 1 is 1.14 bits per heavy atom. The summed E-state index contributed by atoms with van der Waals surface area (Å²) in [5.74, 6) is -1.05. The summed E-state index contributed by atoms with van der Waals surface area (Å²) in [6, 6.07) is 12.3. The van der Waals surface area contributed by atoms with Gasteiger partial charge in [-0.2, -0.15) is 0 Å². The number of hydrogen-bond donors (Lipinski definition) is 1. The van der Waals surface area contributed by atoms with Crippen molar-refractivity contribution in [1.82, 2.24) is 15.0 Å². The highest BCUT2D eigenvalue weighted by Gasteiger charge is 2.18. The molecular weight excluding hydrogens is 367 g/mol. The van der Waals surface area contributed by atoms with Crippen LogP contribution in [0.1, 0.15) is 17.4 Å². The Hall–Kier alpha value is -3.75. The fourth-order valence-electron chi connectivity index (χ4n) is 2.36. The van der Waals surface area contributed by atoms with Gasteiger partial charge in [0.05, 0.1) is 24.7 Å². The van der Waals surface area contributed by atoms with Crippen LogP contribution in [0.3, 0.4) is 0 Å². The summed E-state index contributed by atoms with van der Waals surface area (Å²) in [6.45, 7) is 1.58. The van der Waals surface area contributed by atoms with Crippen LogP contribution in [0.4, 0.5) is 10.1 Å². The van der Waals surface area contributed by atoms with Crippen LogP contribution in [0, 0.1) is 5.82 Å². The number of nitrogens with zero attached hydrogens (tertiary/aromatic N) is 3. The second-order valence-electron chi connectivity index (χ2n) is 5.76. The number of esters is 1. The lowest BCUT2D eigenvalue weighted by molar-refractivity contribution is -0.122. The second kappa shape index (κ2) is 8.30. The summed E-state index contributed by atoms with van der Waals surface area (Å²) in [7, 11) is 1.25. The zero-order chi connectivity index (χ0) is 20.1. The maximum absolute atomic E-state index is 13.0. The standard InChI is InChI=1S/C19H17FN4O4/c1-12(28-14-9-7-13(20)8-10-14)18(25)21-15-5-3-4-6-17(15)24-11-16(22-23-24)19(26)27-2/h3-12H,1-2H3,(H,21,25). The minimum Gasteiger partial charge on any atom is -0.481 e. The quantitative estimate of drug-likeness (QED) is 0.657. The van der Waals surface area contributed by atoms with Crippen LogP contribution in [0.15, 0.2) is 54.7 Å². The van der Waals surface area contributed by atoms with Gasteiger partial charge in [0, 0.05) is 0 Å².